The van der Waals surface area contributed by atoms with E-state index in [0.717, 1.165) is 5.56 Å². The first-order valence-corrected chi connectivity index (χ1v) is 10.1. The van der Waals surface area contributed by atoms with Crippen LogP contribution in [0.25, 0.3) is 11.3 Å². The number of nitrogens with one attached hydrogen (secondary N) is 1. The van der Waals surface area contributed by atoms with Crippen molar-refractivity contribution in [3.63, 3.8) is 0 Å². The predicted molar refractivity (Wildman–Crippen MR) is 112 cm³/mol. The number of aromatic amines is 1. The Labute approximate surface area is 181 Å². The lowest BCUT2D eigenvalue weighted by atomic mass is 10.1. The second-order valence-electron chi connectivity index (χ2n) is 5.84. The van der Waals surface area contributed by atoms with Crippen LogP contribution in [-0.4, -0.2) is 34.6 Å². The molecule has 3 aromatic rings. The Hall–Kier alpha value is -2.58. The summed E-state index contributed by atoms with van der Waals surface area (Å²) >= 11 is 9.74. The summed E-state index contributed by atoms with van der Waals surface area (Å²) in [6.07, 6.45) is 0. The molecule has 0 saturated heterocycles. The van der Waals surface area contributed by atoms with Crippen LogP contribution in [0.15, 0.2) is 40.9 Å². The fraction of sp³-hybridized carbons (Fsp3) is 0.250. The lowest BCUT2D eigenvalue weighted by molar-refractivity contribution is 0.0520. The van der Waals surface area contributed by atoms with Crippen LogP contribution in [-0.2, 0) is 11.3 Å². The largest absolute Gasteiger partial charge is 0.490 e. The van der Waals surface area contributed by atoms with Gasteiger partial charge in [0.1, 0.15) is 12.3 Å². The van der Waals surface area contributed by atoms with Gasteiger partial charge in [-0.3, -0.25) is 0 Å². The molecule has 2 aromatic carbocycles. The highest BCUT2D eigenvalue weighted by Crippen LogP contribution is 2.40. The first kappa shape index (κ1) is 21.1. The van der Waals surface area contributed by atoms with E-state index in [2.05, 4.69) is 31.3 Å². The third-order valence-corrected chi connectivity index (χ3v) is 4.89. The summed E-state index contributed by atoms with van der Waals surface area (Å²) in [4.78, 5) is 12.1. The van der Waals surface area contributed by atoms with Gasteiger partial charge in [0, 0.05) is 16.1 Å². The van der Waals surface area contributed by atoms with E-state index in [-0.39, 0.29) is 18.9 Å². The molecule has 0 saturated carbocycles. The molecule has 0 fully saturated rings. The lowest BCUT2D eigenvalue weighted by Gasteiger charge is -2.15. The molecule has 0 atom stereocenters. The standard InChI is InChI=1S/C20H19BrClN3O4/c1-3-27-16-10-13(17-18(24-25-23-17)20(26)28-4-2)9-14(21)19(16)29-11-12-7-5-6-8-15(12)22/h5-10H,3-4,11H2,1-2H3,(H,23,24,25). The monoisotopic (exact) mass is 479 g/mol. The molecule has 7 nitrogen and oxygen atoms in total. The van der Waals surface area contributed by atoms with Crippen molar-refractivity contribution < 1.29 is 19.0 Å². The number of benzene rings is 2. The van der Waals surface area contributed by atoms with E-state index >= 15 is 0 Å². The van der Waals surface area contributed by atoms with Gasteiger partial charge in [-0.25, -0.2) is 4.79 Å². The van der Waals surface area contributed by atoms with Crippen molar-refractivity contribution in [2.45, 2.75) is 20.5 Å². The summed E-state index contributed by atoms with van der Waals surface area (Å²) in [6.45, 7) is 4.55. The number of carbonyl (C=O) groups excluding carboxylic acids is 1. The number of halogens is 2. The molecule has 1 heterocycles. The number of hydrogen-bond acceptors (Lipinski definition) is 6. The molecule has 1 aromatic heterocycles. The number of aromatic nitrogens is 3. The fourth-order valence-corrected chi connectivity index (χ4v) is 3.39. The fourth-order valence-electron chi connectivity index (χ4n) is 2.65. The van der Waals surface area contributed by atoms with Crippen molar-refractivity contribution in [1.29, 1.82) is 0 Å². The zero-order valence-electron chi connectivity index (χ0n) is 15.9. The van der Waals surface area contributed by atoms with E-state index in [4.69, 9.17) is 25.8 Å². The van der Waals surface area contributed by atoms with E-state index in [1.165, 1.54) is 0 Å². The molecule has 29 heavy (non-hydrogen) atoms. The second-order valence-corrected chi connectivity index (χ2v) is 7.10. The number of rotatable bonds is 8. The van der Waals surface area contributed by atoms with Gasteiger partial charge in [-0.15, -0.1) is 5.10 Å². The third kappa shape index (κ3) is 4.89. The summed E-state index contributed by atoms with van der Waals surface area (Å²) < 4.78 is 17.4. The van der Waals surface area contributed by atoms with Crippen molar-refractivity contribution in [2.75, 3.05) is 13.2 Å². The second kappa shape index (κ2) is 9.76. The van der Waals surface area contributed by atoms with Gasteiger partial charge in [0.15, 0.2) is 17.2 Å². The van der Waals surface area contributed by atoms with E-state index in [1.54, 1.807) is 19.1 Å². The average Bonchev–Trinajstić information content (AvgIpc) is 3.19. The van der Waals surface area contributed by atoms with Crippen LogP contribution in [0.5, 0.6) is 11.5 Å². The van der Waals surface area contributed by atoms with Crippen LogP contribution in [0, 0.1) is 0 Å². The Morgan fingerprint density at radius 1 is 1.14 bits per heavy atom. The molecule has 0 unspecified atom stereocenters. The molecule has 0 aliphatic rings. The Morgan fingerprint density at radius 2 is 1.93 bits per heavy atom. The van der Waals surface area contributed by atoms with Gasteiger partial charge in [-0.1, -0.05) is 29.8 Å². The van der Waals surface area contributed by atoms with Gasteiger partial charge in [-0.05, 0) is 48.0 Å². The lowest BCUT2D eigenvalue weighted by Crippen LogP contribution is -2.07. The quantitative estimate of drug-likeness (QED) is 0.455. The molecule has 0 aliphatic carbocycles. The van der Waals surface area contributed by atoms with Crippen LogP contribution in [0.2, 0.25) is 5.02 Å². The molecule has 0 amide bonds. The van der Waals surface area contributed by atoms with Gasteiger partial charge in [0.2, 0.25) is 0 Å². The van der Waals surface area contributed by atoms with Crippen LogP contribution in [0.3, 0.4) is 0 Å². The Kier molecular flexibility index (Phi) is 7.11. The van der Waals surface area contributed by atoms with Crippen LogP contribution in [0.1, 0.15) is 29.9 Å². The number of ether oxygens (including phenoxy) is 3. The maximum Gasteiger partial charge on any atom is 0.361 e. The minimum absolute atomic E-state index is 0.103. The predicted octanol–water partition coefficient (Wildman–Crippen LogP) is 5.04. The van der Waals surface area contributed by atoms with E-state index in [9.17, 15) is 4.79 Å². The normalized spacial score (nSPS) is 10.6. The smallest absolute Gasteiger partial charge is 0.361 e. The molecule has 0 radical (unpaired) electrons. The number of esters is 1. The molecule has 9 heteroatoms. The van der Waals surface area contributed by atoms with Crippen molar-refractivity contribution in [2.24, 2.45) is 0 Å². The summed E-state index contributed by atoms with van der Waals surface area (Å²) in [5, 5.41) is 11.1. The number of nitrogens with zero attached hydrogens (tertiary/aromatic N) is 2. The highest BCUT2D eigenvalue weighted by atomic mass is 79.9. The van der Waals surface area contributed by atoms with Gasteiger partial charge in [0.05, 0.1) is 17.7 Å². The van der Waals surface area contributed by atoms with Crippen LogP contribution >= 0.6 is 27.5 Å². The first-order chi connectivity index (χ1) is 14.0. The maximum absolute atomic E-state index is 12.1. The zero-order valence-corrected chi connectivity index (χ0v) is 18.2. The first-order valence-electron chi connectivity index (χ1n) is 8.95. The minimum Gasteiger partial charge on any atom is -0.490 e. The van der Waals surface area contributed by atoms with E-state index in [0.29, 0.717) is 38.9 Å². The molecule has 0 spiro atoms. The average molecular weight is 481 g/mol. The van der Waals surface area contributed by atoms with Gasteiger partial charge in [-0.2, -0.15) is 10.3 Å². The summed E-state index contributed by atoms with van der Waals surface area (Å²) in [5.41, 5.74) is 1.95. The van der Waals surface area contributed by atoms with Crippen molar-refractivity contribution >= 4 is 33.5 Å². The third-order valence-electron chi connectivity index (χ3n) is 3.93. The molecule has 0 bridgehead atoms. The Morgan fingerprint density at radius 3 is 2.66 bits per heavy atom. The number of hydrogen-bond donors (Lipinski definition) is 1. The van der Waals surface area contributed by atoms with Gasteiger partial charge < -0.3 is 14.2 Å². The molecular weight excluding hydrogens is 462 g/mol. The number of carbonyl (C=O) groups is 1. The van der Waals surface area contributed by atoms with Crippen molar-refractivity contribution in [3.05, 3.63) is 57.2 Å². The highest BCUT2D eigenvalue weighted by molar-refractivity contribution is 9.10. The summed E-state index contributed by atoms with van der Waals surface area (Å²) in [5.74, 6) is 0.475. The Bertz CT molecular complexity index is 1010. The Balaban J connectivity index is 1.94. The summed E-state index contributed by atoms with van der Waals surface area (Å²) in [6, 6.07) is 11.0. The molecule has 1 N–H and O–H groups in total. The van der Waals surface area contributed by atoms with Crippen LogP contribution in [0.4, 0.5) is 0 Å². The SMILES string of the molecule is CCOC(=O)c1n[nH]nc1-c1cc(Br)c(OCc2ccccc2Cl)c(OCC)c1. The summed E-state index contributed by atoms with van der Waals surface area (Å²) in [7, 11) is 0. The molecule has 0 aliphatic heterocycles. The van der Waals surface area contributed by atoms with Crippen LogP contribution < -0.4 is 9.47 Å². The molecule has 3 rings (SSSR count). The maximum atomic E-state index is 12.1. The zero-order chi connectivity index (χ0) is 20.8. The van der Waals surface area contributed by atoms with Gasteiger partial charge in [0.25, 0.3) is 0 Å². The highest BCUT2D eigenvalue weighted by Gasteiger charge is 2.22. The molecule has 152 valence electrons. The van der Waals surface area contributed by atoms with Crippen molar-refractivity contribution in [1.82, 2.24) is 15.4 Å². The number of H-pyrrole nitrogens is 1. The van der Waals surface area contributed by atoms with E-state index in [1.807, 2.05) is 31.2 Å². The van der Waals surface area contributed by atoms with E-state index < -0.39 is 5.97 Å². The van der Waals surface area contributed by atoms with Gasteiger partial charge >= 0.3 is 5.97 Å². The minimum atomic E-state index is -0.552. The van der Waals surface area contributed by atoms with Crippen molar-refractivity contribution in [3.8, 4) is 22.8 Å². The topological polar surface area (TPSA) is 86.3 Å². The molecular formula is C20H19BrClN3O4.